The van der Waals surface area contributed by atoms with Crippen LogP contribution in [0.1, 0.15) is 45.2 Å². The smallest absolute Gasteiger partial charge is 0.225 e. The van der Waals surface area contributed by atoms with Gasteiger partial charge in [0.1, 0.15) is 5.75 Å². The van der Waals surface area contributed by atoms with Crippen molar-refractivity contribution in [3.63, 3.8) is 0 Å². The summed E-state index contributed by atoms with van der Waals surface area (Å²) in [5.41, 5.74) is 0.827. The summed E-state index contributed by atoms with van der Waals surface area (Å²) in [6.07, 6.45) is 1.18. The van der Waals surface area contributed by atoms with Crippen LogP contribution in [-0.4, -0.2) is 49.1 Å². The van der Waals surface area contributed by atoms with E-state index in [0.717, 1.165) is 12.0 Å². The zero-order valence-corrected chi connectivity index (χ0v) is 15.3. The van der Waals surface area contributed by atoms with Gasteiger partial charge in [-0.15, -0.1) is 0 Å². The van der Waals surface area contributed by atoms with Gasteiger partial charge >= 0.3 is 0 Å². The van der Waals surface area contributed by atoms with Gasteiger partial charge in [0.2, 0.25) is 11.8 Å². The van der Waals surface area contributed by atoms with E-state index < -0.39 is 6.04 Å². The number of nitrogens with one attached hydrogen (secondary N) is 1. The molecule has 0 radical (unpaired) electrons. The molecule has 6 nitrogen and oxygen atoms in total. The topological polar surface area (TPSA) is 67.9 Å². The van der Waals surface area contributed by atoms with E-state index in [-0.39, 0.29) is 24.3 Å². The predicted molar refractivity (Wildman–Crippen MR) is 95.4 cm³/mol. The third-order valence-corrected chi connectivity index (χ3v) is 4.30. The highest BCUT2D eigenvalue weighted by Gasteiger charge is 2.27. The Hall–Kier alpha value is -2.08. The van der Waals surface area contributed by atoms with Gasteiger partial charge in [-0.3, -0.25) is 9.59 Å². The molecule has 1 aliphatic rings. The lowest BCUT2D eigenvalue weighted by molar-refractivity contribution is -0.139. The van der Waals surface area contributed by atoms with E-state index >= 15 is 0 Å². The normalized spacial score (nSPS) is 18.5. The summed E-state index contributed by atoms with van der Waals surface area (Å²) < 4.78 is 11.3. The van der Waals surface area contributed by atoms with E-state index in [9.17, 15) is 9.59 Å². The van der Waals surface area contributed by atoms with Gasteiger partial charge in [-0.1, -0.05) is 25.1 Å². The molecule has 1 aromatic carbocycles. The predicted octanol–water partition coefficient (Wildman–Crippen LogP) is 2.29. The van der Waals surface area contributed by atoms with E-state index in [0.29, 0.717) is 32.1 Å². The molecule has 2 atom stereocenters. The third-order valence-electron chi connectivity index (χ3n) is 4.30. The number of carbonyl (C=O) groups excluding carboxylic acids is 2. The van der Waals surface area contributed by atoms with Gasteiger partial charge in [-0.25, -0.2) is 0 Å². The Bertz CT molecular complexity index is 591. The van der Waals surface area contributed by atoms with E-state index in [4.69, 9.17) is 9.47 Å². The van der Waals surface area contributed by atoms with Crippen molar-refractivity contribution in [2.75, 3.05) is 26.3 Å². The number of amides is 2. The second-order valence-corrected chi connectivity index (χ2v) is 6.17. The first-order valence-electron chi connectivity index (χ1n) is 8.93. The Morgan fingerprint density at radius 1 is 1.36 bits per heavy atom. The molecule has 0 spiro atoms. The lowest BCUT2D eigenvalue weighted by Crippen LogP contribution is -2.46. The van der Waals surface area contributed by atoms with Gasteiger partial charge in [0.15, 0.2) is 0 Å². The Morgan fingerprint density at radius 3 is 2.80 bits per heavy atom. The van der Waals surface area contributed by atoms with Crippen molar-refractivity contribution in [2.24, 2.45) is 0 Å². The van der Waals surface area contributed by atoms with E-state index in [1.54, 1.807) is 0 Å². The lowest BCUT2D eigenvalue weighted by atomic mass is 10.0. The molecule has 1 heterocycles. The molecule has 2 rings (SSSR count). The first-order chi connectivity index (χ1) is 12.0. The highest BCUT2D eigenvalue weighted by atomic mass is 16.5. The van der Waals surface area contributed by atoms with Crippen molar-refractivity contribution < 1.29 is 19.1 Å². The minimum absolute atomic E-state index is 0.0202. The number of carbonyl (C=O) groups is 2. The van der Waals surface area contributed by atoms with Crippen molar-refractivity contribution in [1.29, 1.82) is 0 Å². The number of rotatable bonds is 7. The molecule has 0 saturated carbocycles. The molecule has 1 saturated heterocycles. The summed E-state index contributed by atoms with van der Waals surface area (Å²) in [7, 11) is 0. The van der Waals surface area contributed by atoms with Crippen LogP contribution in [0.15, 0.2) is 24.3 Å². The van der Waals surface area contributed by atoms with Crippen LogP contribution < -0.4 is 10.1 Å². The fourth-order valence-corrected chi connectivity index (χ4v) is 3.04. The second kappa shape index (κ2) is 9.42. The molecule has 1 fully saturated rings. The highest BCUT2D eigenvalue weighted by Crippen LogP contribution is 2.28. The lowest BCUT2D eigenvalue weighted by Gasteiger charge is -2.33. The largest absolute Gasteiger partial charge is 0.494 e. The minimum Gasteiger partial charge on any atom is -0.494 e. The number of morpholine rings is 1. The molecular formula is C19H28N2O4. The fraction of sp³-hybridized carbons (Fsp3) is 0.579. The number of hydrogen-bond acceptors (Lipinski definition) is 4. The van der Waals surface area contributed by atoms with E-state index in [2.05, 4.69) is 12.2 Å². The molecule has 0 aliphatic carbocycles. The number of para-hydroxylation sites is 1. The van der Waals surface area contributed by atoms with E-state index in [1.807, 2.05) is 36.1 Å². The van der Waals surface area contributed by atoms with Crippen molar-refractivity contribution in [2.45, 2.75) is 45.8 Å². The Labute approximate surface area is 149 Å². The van der Waals surface area contributed by atoms with Gasteiger partial charge in [0.25, 0.3) is 0 Å². The maximum Gasteiger partial charge on any atom is 0.225 e. The van der Waals surface area contributed by atoms with Gasteiger partial charge in [0, 0.05) is 25.6 Å². The summed E-state index contributed by atoms with van der Waals surface area (Å²) in [4.78, 5) is 26.3. The molecule has 138 valence electrons. The molecule has 0 aromatic heterocycles. The standard InChI is InChI=1S/C19H28N2O4/c1-4-15-13-21(10-11-25-15)19(23)12-17(20-14(3)22)16-8-6-7-9-18(16)24-5-2/h6-9,15,17H,4-5,10-13H2,1-3H3,(H,20,22)/t15-,17-/m0/s1. The maximum atomic E-state index is 12.8. The van der Waals surface area contributed by atoms with Gasteiger partial charge < -0.3 is 19.7 Å². The van der Waals surface area contributed by atoms with Gasteiger partial charge in [-0.05, 0) is 19.4 Å². The van der Waals surface area contributed by atoms with Crippen LogP contribution in [0.2, 0.25) is 0 Å². The summed E-state index contributed by atoms with van der Waals surface area (Å²) in [6, 6.07) is 7.12. The van der Waals surface area contributed by atoms with Crippen molar-refractivity contribution >= 4 is 11.8 Å². The van der Waals surface area contributed by atoms with Crippen LogP contribution in [0.5, 0.6) is 5.75 Å². The molecule has 1 aliphatic heterocycles. The molecular weight excluding hydrogens is 320 g/mol. The summed E-state index contributed by atoms with van der Waals surface area (Å²) in [5.74, 6) is 0.550. The molecule has 25 heavy (non-hydrogen) atoms. The maximum absolute atomic E-state index is 12.8. The quantitative estimate of drug-likeness (QED) is 0.821. The first-order valence-corrected chi connectivity index (χ1v) is 8.93. The second-order valence-electron chi connectivity index (χ2n) is 6.17. The third kappa shape index (κ3) is 5.46. The average Bonchev–Trinajstić information content (AvgIpc) is 2.61. The number of hydrogen-bond donors (Lipinski definition) is 1. The molecule has 0 unspecified atom stereocenters. The number of nitrogens with zero attached hydrogens (tertiary/aromatic N) is 1. The fourth-order valence-electron chi connectivity index (χ4n) is 3.04. The SMILES string of the molecule is CCOc1ccccc1[C@H](CC(=O)N1CCO[C@@H](CC)C1)NC(C)=O. The monoisotopic (exact) mass is 348 g/mol. The zero-order chi connectivity index (χ0) is 18.2. The summed E-state index contributed by atoms with van der Waals surface area (Å²) in [6.45, 7) is 7.71. The van der Waals surface area contributed by atoms with Crippen LogP contribution in [0.3, 0.4) is 0 Å². The molecule has 1 aromatic rings. The van der Waals surface area contributed by atoms with Crippen molar-refractivity contribution in [3.8, 4) is 5.75 Å². The van der Waals surface area contributed by atoms with Crippen LogP contribution in [-0.2, 0) is 14.3 Å². The van der Waals surface area contributed by atoms with Gasteiger partial charge in [0.05, 0.1) is 31.8 Å². The van der Waals surface area contributed by atoms with Crippen LogP contribution in [0.25, 0.3) is 0 Å². The molecule has 1 N–H and O–H groups in total. The molecule has 2 amide bonds. The highest BCUT2D eigenvalue weighted by molar-refractivity contribution is 5.79. The molecule has 6 heteroatoms. The Balaban J connectivity index is 2.15. The number of ether oxygens (including phenoxy) is 2. The summed E-state index contributed by atoms with van der Waals surface area (Å²) in [5, 5.41) is 2.89. The first kappa shape index (κ1) is 19.2. The van der Waals surface area contributed by atoms with Crippen LogP contribution >= 0.6 is 0 Å². The summed E-state index contributed by atoms with van der Waals surface area (Å²) >= 11 is 0. The Kier molecular flexibility index (Phi) is 7.25. The van der Waals surface area contributed by atoms with Crippen molar-refractivity contribution in [1.82, 2.24) is 10.2 Å². The van der Waals surface area contributed by atoms with Gasteiger partial charge in [-0.2, -0.15) is 0 Å². The number of benzene rings is 1. The minimum atomic E-state index is -0.407. The van der Waals surface area contributed by atoms with E-state index in [1.165, 1.54) is 6.92 Å². The van der Waals surface area contributed by atoms with Crippen molar-refractivity contribution in [3.05, 3.63) is 29.8 Å². The Morgan fingerprint density at radius 2 is 2.12 bits per heavy atom. The van der Waals surface area contributed by atoms with Crippen LogP contribution in [0.4, 0.5) is 0 Å². The molecule has 0 bridgehead atoms. The van der Waals surface area contributed by atoms with Crippen LogP contribution in [0, 0.1) is 0 Å². The zero-order valence-electron chi connectivity index (χ0n) is 15.3. The average molecular weight is 348 g/mol.